The molecule has 0 fully saturated rings. The molecule has 0 aromatic carbocycles. The van der Waals surface area contributed by atoms with Gasteiger partial charge < -0.3 is 10.3 Å². The Bertz CT molecular complexity index is 598. The summed E-state index contributed by atoms with van der Waals surface area (Å²) in [6, 6.07) is 4.12. The van der Waals surface area contributed by atoms with E-state index in [0.717, 1.165) is 23.0 Å². The minimum absolute atomic E-state index is 0.00782. The van der Waals surface area contributed by atoms with Crippen LogP contribution in [-0.2, 0) is 10.2 Å². The molecule has 2 rings (SSSR count). The minimum atomic E-state index is -0.0190. The largest absolute Gasteiger partial charge is 0.346 e. The number of fused-ring (bicyclic) bond motifs is 1. The lowest BCUT2D eigenvalue weighted by molar-refractivity contribution is -0.115. The van der Waals surface area contributed by atoms with Gasteiger partial charge in [0.1, 0.15) is 11.5 Å². The molecule has 2 aromatic heterocycles. The van der Waals surface area contributed by atoms with Crippen LogP contribution in [0.25, 0.3) is 11.0 Å². The summed E-state index contributed by atoms with van der Waals surface area (Å²) < 4.78 is 0. The van der Waals surface area contributed by atoms with Crippen LogP contribution in [0.2, 0.25) is 0 Å². The summed E-state index contributed by atoms with van der Waals surface area (Å²) in [4.78, 5) is 19.3. The van der Waals surface area contributed by atoms with Gasteiger partial charge in [0.2, 0.25) is 5.91 Å². The molecule has 0 saturated carbocycles. The maximum Gasteiger partial charge on any atom is 0.225 e. The predicted octanol–water partition coefficient (Wildman–Crippen LogP) is 3.60. The van der Waals surface area contributed by atoms with E-state index in [-0.39, 0.29) is 11.3 Å². The predicted molar refractivity (Wildman–Crippen MR) is 78.3 cm³/mol. The van der Waals surface area contributed by atoms with Gasteiger partial charge in [-0.2, -0.15) is 0 Å². The van der Waals surface area contributed by atoms with E-state index in [2.05, 4.69) is 42.1 Å². The molecule has 4 nitrogen and oxygen atoms in total. The van der Waals surface area contributed by atoms with Gasteiger partial charge in [0.25, 0.3) is 0 Å². The van der Waals surface area contributed by atoms with Crippen LogP contribution in [0.15, 0.2) is 18.3 Å². The number of nitrogens with one attached hydrogen (secondary N) is 2. The molecule has 19 heavy (non-hydrogen) atoms. The molecule has 2 aromatic rings. The van der Waals surface area contributed by atoms with Crippen LogP contribution in [0.1, 0.15) is 46.1 Å². The molecule has 0 aliphatic heterocycles. The number of anilines is 1. The van der Waals surface area contributed by atoms with Crippen molar-refractivity contribution in [2.75, 3.05) is 5.32 Å². The van der Waals surface area contributed by atoms with Crippen molar-refractivity contribution in [1.29, 1.82) is 0 Å². The third-order valence-electron chi connectivity index (χ3n) is 3.73. The van der Waals surface area contributed by atoms with Gasteiger partial charge in [-0.05, 0) is 24.0 Å². The maximum atomic E-state index is 11.7. The van der Waals surface area contributed by atoms with E-state index in [0.29, 0.717) is 12.2 Å². The normalized spacial score (nSPS) is 11.8. The second-order valence-electron chi connectivity index (χ2n) is 5.44. The average Bonchev–Trinajstić information content (AvgIpc) is 2.84. The molecular formula is C15H21N3O. The molecule has 0 radical (unpaired) electrons. The van der Waals surface area contributed by atoms with Crippen LogP contribution >= 0.6 is 0 Å². The highest BCUT2D eigenvalue weighted by atomic mass is 16.1. The van der Waals surface area contributed by atoms with Crippen LogP contribution in [0.3, 0.4) is 0 Å². The van der Waals surface area contributed by atoms with Gasteiger partial charge in [-0.25, -0.2) is 4.98 Å². The standard InChI is InChI=1S/C15H21N3O/c1-5-12(19)17-14-11(15(3,4)6-2)9-10-7-8-16-13(10)18-14/h7-9H,5-6H2,1-4H3,(H2,16,17,18,19). The third-order valence-corrected chi connectivity index (χ3v) is 3.73. The lowest BCUT2D eigenvalue weighted by atomic mass is 9.82. The first-order valence-electron chi connectivity index (χ1n) is 6.76. The second kappa shape index (κ2) is 5.03. The summed E-state index contributed by atoms with van der Waals surface area (Å²) in [7, 11) is 0. The smallest absolute Gasteiger partial charge is 0.225 e. The molecule has 0 unspecified atom stereocenters. The number of aromatic nitrogens is 2. The molecule has 0 aliphatic rings. The zero-order chi connectivity index (χ0) is 14.0. The molecule has 0 bridgehead atoms. The summed E-state index contributed by atoms with van der Waals surface area (Å²) in [6.07, 6.45) is 3.31. The van der Waals surface area contributed by atoms with Gasteiger partial charge in [-0.1, -0.05) is 27.7 Å². The van der Waals surface area contributed by atoms with Gasteiger partial charge in [-0.15, -0.1) is 0 Å². The molecule has 2 heterocycles. The molecule has 2 N–H and O–H groups in total. The molecule has 102 valence electrons. The number of rotatable bonds is 4. The van der Waals surface area contributed by atoms with Gasteiger partial charge in [-0.3, -0.25) is 4.79 Å². The van der Waals surface area contributed by atoms with Crippen molar-refractivity contribution in [3.05, 3.63) is 23.9 Å². The SMILES string of the molecule is CCC(=O)Nc1nc2[nH]ccc2cc1C(C)(C)CC. The molecular weight excluding hydrogens is 238 g/mol. The monoisotopic (exact) mass is 259 g/mol. The summed E-state index contributed by atoms with van der Waals surface area (Å²) in [5.41, 5.74) is 1.88. The Labute approximate surface area is 113 Å². The Morgan fingerprint density at radius 3 is 2.79 bits per heavy atom. The summed E-state index contributed by atoms with van der Waals surface area (Å²) in [5, 5.41) is 3.99. The van der Waals surface area contributed by atoms with E-state index >= 15 is 0 Å². The number of pyridine rings is 1. The molecule has 4 heteroatoms. The maximum absolute atomic E-state index is 11.7. The number of carbonyl (C=O) groups is 1. The topological polar surface area (TPSA) is 57.8 Å². The van der Waals surface area contributed by atoms with Crippen molar-refractivity contribution in [2.45, 2.75) is 46.0 Å². The highest BCUT2D eigenvalue weighted by molar-refractivity contribution is 5.92. The highest BCUT2D eigenvalue weighted by Gasteiger charge is 2.24. The third kappa shape index (κ3) is 2.62. The minimum Gasteiger partial charge on any atom is -0.346 e. The Morgan fingerprint density at radius 1 is 1.42 bits per heavy atom. The number of hydrogen-bond donors (Lipinski definition) is 2. The van der Waals surface area contributed by atoms with Gasteiger partial charge >= 0.3 is 0 Å². The summed E-state index contributed by atoms with van der Waals surface area (Å²) in [6.45, 7) is 8.33. The Balaban J connectivity index is 2.56. The van der Waals surface area contributed by atoms with Crippen molar-refractivity contribution in [2.24, 2.45) is 0 Å². The molecule has 0 saturated heterocycles. The van der Waals surface area contributed by atoms with E-state index in [1.54, 1.807) is 0 Å². The van der Waals surface area contributed by atoms with E-state index in [9.17, 15) is 4.79 Å². The number of nitrogens with zero attached hydrogens (tertiary/aromatic N) is 1. The van der Waals surface area contributed by atoms with Crippen LogP contribution in [0.4, 0.5) is 5.82 Å². The first-order chi connectivity index (χ1) is 8.97. The number of carbonyl (C=O) groups excluding carboxylic acids is 1. The van der Waals surface area contributed by atoms with Crippen LogP contribution in [-0.4, -0.2) is 15.9 Å². The zero-order valence-corrected chi connectivity index (χ0v) is 12.0. The van der Waals surface area contributed by atoms with Crippen molar-refractivity contribution in [1.82, 2.24) is 9.97 Å². The fourth-order valence-electron chi connectivity index (χ4n) is 2.00. The number of hydrogen-bond acceptors (Lipinski definition) is 2. The van der Waals surface area contributed by atoms with Crippen molar-refractivity contribution in [3.63, 3.8) is 0 Å². The Hall–Kier alpha value is -1.84. The first-order valence-corrected chi connectivity index (χ1v) is 6.76. The van der Waals surface area contributed by atoms with E-state index in [1.165, 1.54) is 0 Å². The summed E-state index contributed by atoms with van der Waals surface area (Å²) in [5.74, 6) is 0.667. The number of H-pyrrole nitrogens is 1. The van der Waals surface area contributed by atoms with Crippen molar-refractivity contribution in [3.8, 4) is 0 Å². The second-order valence-corrected chi connectivity index (χ2v) is 5.44. The lowest BCUT2D eigenvalue weighted by Crippen LogP contribution is -2.21. The quantitative estimate of drug-likeness (QED) is 0.881. The average molecular weight is 259 g/mol. The van der Waals surface area contributed by atoms with E-state index in [1.807, 2.05) is 19.2 Å². The van der Waals surface area contributed by atoms with Crippen molar-refractivity contribution < 1.29 is 4.79 Å². The molecule has 1 amide bonds. The van der Waals surface area contributed by atoms with Crippen molar-refractivity contribution >= 4 is 22.8 Å². The van der Waals surface area contributed by atoms with Gasteiger partial charge in [0.15, 0.2) is 0 Å². The Kier molecular flexibility index (Phi) is 3.60. The van der Waals surface area contributed by atoms with Crippen LogP contribution < -0.4 is 5.32 Å². The van der Waals surface area contributed by atoms with E-state index in [4.69, 9.17) is 0 Å². The molecule has 0 aliphatic carbocycles. The molecule has 0 spiro atoms. The fraction of sp³-hybridized carbons (Fsp3) is 0.467. The van der Waals surface area contributed by atoms with E-state index < -0.39 is 0 Å². The Morgan fingerprint density at radius 2 is 2.16 bits per heavy atom. The van der Waals surface area contributed by atoms with Crippen LogP contribution in [0, 0.1) is 0 Å². The first kappa shape index (κ1) is 13.6. The summed E-state index contributed by atoms with van der Waals surface area (Å²) >= 11 is 0. The zero-order valence-electron chi connectivity index (χ0n) is 12.0. The van der Waals surface area contributed by atoms with Crippen LogP contribution in [0.5, 0.6) is 0 Å². The lowest BCUT2D eigenvalue weighted by Gasteiger charge is -2.25. The van der Waals surface area contributed by atoms with Gasteiger partial charge in [0, 0.05) is 23.6 Å². The fourth-order valence-corrected chi connectivity index (χ4v) is 2.00. The highest BCUT2D eigenvalue weighted by Crippen LogP contribution is 2.33. The number of amides is 1. The molecule has 0 atom stereocenters. The number of aromatic amines is 1. The van der Waals surface area contributed by atoms with Gasteiger partial charge in [0.05, 0.1) is 0 Å².